The zero-order chi connectivity index (χ0) is 16.1. The number of nitrogens with one attached hydrogen (secondary N) is 1. The number of ether oxygens (including phenoxy) is 1. The largest absolute Gasteiger partial charge is 0.455 e. The number of nitrogens with zero attached hydrogens (tertiary/aromatic N) is 1. The van der Waals surface area contributed by atoms with Gasteiger partial charge < -0.3 is 15.0 Å². The van der Waals surface area contributed by atoms with Crippen LogP contribution in [0.5, 0.6) is 0 Å². The molecule has 6 nitrogen and oxygen atoms in total. The lowest BCUT2D eigenvalue weighted by Gasteiger charge is -2.19. The summed E-state index contributed by atoms with van der Waals surface area (Å²) in [7, 11) is 1.47. The van der Waals surface area contributed by atoms with Gasteiger partial charge in [-0.25, -0.2) is 0 Å². The van der Waals surface area contributed by atoms with E-state index in [4.69, 9.17) is 4.74 Å². The lowest BCUT2D eigenvalue weighted by Crippen LogP contribution is -2.29. The molecule has 0 aromatic heterocycles. The molecule has 1 fully saturated rings. The van der Waals surface area contributed by atoms with Crippen LogP contribution >= 0.6 is 0 Å². The second-order valence-electron chi connectivity index (χ2n) is 5.17. The number of benzene rings is 1. The summed E-state index contributed by atoms with van der Waals surface area (Å²) in [6.07, 6.45) is 0.927. The number of aryl methyl sites for hydroxylation is 1. The van der Waals surface area contributed by atoms with Crippen LogP contribution in [0.25, 0.3) is 0 Å². The first-order valence-corrected chi connectivity index (χ1v) is 7.32. The van der Waals surface area contributed by atoms with Crippen LogP contribution in [-0.4, -0.2) is 38.0 Å². The molecule has 1 heterocycles. The minimum atomic E-state index is -0.526. The first-order valence-electron chi connectivity index (χ1n) is 7.32. The number of esters is 1. The van der Waals surface area contributed by atoms with E-state index < -0.39 is 11.9 Å². The van der Waals surface area contributed by atoms with E-state index >= 15 is 0 Å². The summed E-state index contributed by atoms with van der Waals surface area (Å²) in [4.78, 5) is 36.9. The van der Waals surface area contributed by atoms with Crippen molar-refractivity contribution in [3.05, 3.63) is 29.8 Å². The van der Waals surface area contributed by atoms with Crippen LogP contribution in [0.1, 0.15) is 18.9 Å². The molecule has 6 heteroatoms. The van der Waals surface area contributed by atoms with E-state index in [2.05, 4.69) is 5.32 Å². The maximum atomic E-state index is 12.2. The van der Waals surface area contributed by atoms with E-state index in [0.29, 0.717) is 6.54 Å². The van der Waals surface area contributed by atoms with E-state index in [0.717, 1.165) is 17.7 Å². The molecular weight excluding hydrogens is 284 g/mol. The van der Waals surface area contributed by atoms with E-state index in [1.54, 1.807) is 4.90 Å². The number of anilines is 1. The van der Waals surface area contributed by atoms with Crippen molar-refractivity contribution in [3.8, 4) is 0 Å². The lowest BCUT2D eigenvalue weighted by molar-refractivity contribution is -0.152. The van der Waals surface area contributed by atoms with Crippen molar-refractivity contribution in [2.24, 2.45) is 5.92 Å². The summed E-state index contributed by atoms with van der Waals surface area (Å²) in [6.45, 7) is 2.00. The standard InChI is InChI=1S/C16H20N2O4/c1-3-11-6-4-5-7-13(11)18-9-12(8-15(18)20)16(21)22-10-14(19)17-2/h4-7,12H,3,8-10H2,1-2H3,(H,17,19)/t12-/m0/s1. The molecule has 1 aromatic rings. The van der Waals surface area contributed by atoms with Gasteiger partial charge in [0.1, 0.15) is 0 Å². The van der Waals surface area contributed by atoms with Crippen molar-refractivity contribution >= 4 is 23.5 Å². The molecule has 118 valence electrons. The quantitative estimate of drug-likeness (QED) is 0.820. The highest BCUT2D eigenvalue weighted by Gasteiger charge is 2.36. The molecule has 0 spiro atoms. The van der Waals surface area contributed by atoms with E-state index in [-0.39, 0.29) is 24.8 Å². The second kappa shape index (κ2) is 7.06. The fourth-order valence-electron chi connectivity index (χ4n) is 2.50. The summed E-state index contributed by atoms with van der Waals surface area (Å²) in [5, 5.41) is 2.38. The fourth-order valence-corrected chi connectivity index (χ4v) is 2.50. The molecule has 0 unspecified atom stereocenters. The average molecular weight is 304 g/mol. The monoisotopic (exact) mass is 304 g/mol. The lowest BCUT2D eigenvalue weighted by atomic mass is 10.1. The van der Waals surface area contributed by atoms with Gasteiger partial charge in [-0.2, -0.15) is 0 Å². The maximum Gasteiger partial charge on any atom is 0.311 e. The molecule has 1 aliphatic heterocycles. The number of para-hydroxylation sites is 1. The number of likely N-dealkylation sites (N-methyl/N-ethyl adjacent to an activating group) is 1. The molecular formula is C16H20N2O4. The highest BCUT2D eigenvalue weighted by molar-refractivity contribution is 6.00. The zero-order valence-corrected chi connectivity index (χ0v) is 12.8. The second-order valence-corrected chi connectivity index (χ2v) is 5.17. The zero-order valence-electron chi connectivity index (χ0n) is 12.8. The first-order chi connectivity index (χ1) is 10.6. The highest BCUT2D eigenvalue weighted by atomic mass is 16.5. The minimum Gasteiger partial charge on any atom is -0.455 e. The molecule has 0 aliphatic carbocycles. The Morgan fingerprint density at radius 2 is 2.09 bits per heavy atom. The van der Waals surface area contributed by atoms with Crippen LogP contribution in [0.15, 0.2) is 24.3 Å². The Labute approximate surface area is 129 Å². The summed E-state index contributed by atoms with van der Waals surface area (Å²) in [5.41, 5.74) is 1.91. The van der Waals surface area contributed by atoms with Crippen LogP contribution in [0.2, 0.25) is 0 Å². The molecule has 2 rings (SSSR count). The van der Waals surface area contributed by atoms with Gasteiger partial charge in [0, 0.05) is 25.7 Å². The highest BCUT2D eigenvalue weighted by Crippen LogP contribution is 2.28. The van der Waals surface area contributed by atoms with Gasteiger partial charge in [0.15, 0.2) is 6.61 Å². The Morgan fingerprint density at radius 3 is 2.77 bits per heavy atom. The van der Waals surface area contributed by atoms with Gasteiger partial charge in [0.25, 0.3) is 5.91 Å². The van der Waals surface area contributed by atoms with Crippen LogP contribution < -0.4 is 10.2 Å². The van der Waals surface area contributed by atoms with Crippen molar-refractivity contribution in [2.75, 3.05) is 25.1 Å². The first kappa shape index (κ1) is 16.0. The number of amides is 2. The molecule has 1 aliphatic rings. The minimum absolute atomic E-state index is 0.0946. The Morgan fingerprint density at radius 1 is 1.36 bits per heavy atom. The van der Waals surface area contributed by atoms with Crippen molar-refractivity contribution in [2.45, 2.75) is 19.8 Å². The third-order valence-electron chi connectivity index (χ3n) is 3.75. The number of carbonyl (C=O) groups is 3. The molecule has 1 saturated heterocycles. The number of rotatable bonds is 5. The number of hydrogen-bond donors (Lipinski definition) is 1. The smallest absolute Gasteiger partial charge is 0.311 e. The molecule has 0 bridgehead atoms. The van der Waals surface area contributed by atoms with Crippen molar-refractivity contribution < 1.29 is 19.1 Å². The number of hydrogen-bond acceptors (Lipinski definition) is 4. The molecule has 1 aromatic carbocycles. The Bertz CT molecular complexity index is 585. The van der Waals surface area contributed by atoms with Crippen LogP contribution in [0.4, 0.5) is 5.69 Å². The van der Waals surface area contributed by atoms with Crippen LogP contribution in [0, 0.1) is 5.92 Å². The third-order valence-corrected chi connectivity index (χ3v) is 3.75. The van der Waals surface area contributed by atoms with Gasteiger partial charge >= 0.3 is 5.97 Å². The number of carbonyl (C=O) groups excluding carboxylic acids is 3. The summed E-state index contributed by atoms with van der Waals surface area (Å²) in [6, 6.07) is 7.66. The summed E-state index contributed by atoms with van der Waals surface area (Å²) in [5.74, 6) is -1.50. The Balaban J connectivity index is 2.04. The molecule has 1 N–H and O–H groups in total. The maximum absolute atomic E-state index is 12.2. The topological polar surface area (TPSA) is 75.7 Å². The van der Waals surface area contributed by atoms with Crippen LogP contribution in [-0.2, 0) is 25.5 Å². The Kier molecular flexibility index (Phi) is 5.14. The van der Waals surface area contributed by atoms with Gasteiger partial charge in [0.2, 0.25) is 5.91 Å². The molecule has 22 heavy (non-hydrogen) atoms. The summed E-state index contributed by atoms with van der Waals surface area (Å²) >= 11 is 0. The predicted octanol–water partition coefficient (Wildman–Crippen LogP) is 0.891. The van der Waals surface area contributed by atoms with Gasteiger partial charge in [0.05, 0.1) is 5.92 Å². The fraction of sp³-hybridized carbons (Fsp3) is 0.438. The molecule has 1 atom stereocenters. The molecule has 0 saturated carbocycles. The van der Waals surface area contributed by atoms with Crippen molar-refractivity contribution in [1.82, 2.24) is 5.32 Å². The molecule has 0 radical (unpaired) electrons. The Hall–Kier alpha value is -2.37. The SMILES string of the molecule is CCc1ccccc1N1C[C@@H](C(=O)OCC(=O)NC)CC1=O. The van der Waals surface area contributed by atoms with Gasteiger partial charge in [-0.15, -0.1) is 0 Å². The van der Waals surface area contributed by atoms with E-state index in [1.165, 1.54) is 7.05 Å². The van der Waals surface area contributed by atoms with Gasteiger partial charge in [-0.05, 0) is 18.1 Å². The van der Waals surface area contributed by atoms with Crippen molar-refractivity contribution in [1.29, 1.82) is 0 Å². The normalized spacial score (nSPS) is 17.5. The van der Waals surface area contributed by atoms with E-state index in [1.807, 2.05) is 31.2 Å². The molecule has 2 amide bonds. The van der Waals surface area contributed by atoms with E-state index in [9.17, 15) is 14.4 Å². The third kappa shape index (κ3) is 3.44. The van der Waals surface area contributed by atoms with Crippen LogP contribution in [0.3, 0.4) is 0 Å². The summed E-state index contributed by atoms with van der Waals surface area (Å²) < 4.78 is 4.94. The van der Waals surface area contributed by atoms with Gasteiger partial charge in [-0.3, -0.25) is 14.4 Å². The van der Waals surface area contributed by atoms with Gasteiger partial charge in [-0.1, -0.05) is 25.1 Å². The van der Waals surface area contributed by atoms with Crippen molar-refractivity contribution in [3.63, 3.8) is 0 Å². The predicted molar refractivity (Wildman–Crippen MR) is 81.3 cm³/mol. The average Bonchev–Trinajstić information content (AvgIpc) is 2.93.